The van der Waals surface area contributed by atoms with Crippen LogP contribution >= 0.6 is 0 Å². The maximum Gasteiger partial charge on any atom is 0.243 e. The SMILES string of the molecule is C[C@@]1(C=O)[CH]CCN1S(=O)(=O)c1ccccc1. The van der Waals surface area contributed by atoms with E-state index in [4.69, 9.17) is 0 Å². The quantitative estimate of drug-likeness (QED) is 0.761. The molecule has 1 fully saturated rings. The Bertz CT molecular complexity index is 512. The number of hydrogen-bond donors (Lipinski definition) is 0. The highest BCUT2D eigenvalue weighted by Crippen LogP contribution is 2.31. The van der Waals surface area contributed by atoms with E-state index in [2.05, 4.69) is 0 Å². The van der Waals surface area contributed by atoms with Crippen LogP contribution in [0.1, 0.15) is 13.3 Å². The minimum absolute atomic E-state index is 0.225. The topological polar surface area (TPSA) is 54.5 Å². The van der Waals surface area contributed by atoms with E-state index in [1.54, 1.807) is 43.7 Å². The standard InChI is InChI=1S/C12H14NO3S/c1-12(10-14)8-5-9-13(12)17(15,16)11-6-3-2-4-7-11/h2-4,6-8,10H,5,9H2,1H3/t12-/m0/s1. The van der Waals surface area contributed by atoms with Gasteiger partial charge in [0.1, 0.15) is 6.29 Å². The zero-order chi connectivity index (χ0) is 12.5. The fraction of sp³-hybridized carbons (Fsp3) is 0.333. The third-order valence-corrected chi connectivity index (χ3v) is 5.02. The summed E-state index contributed by atoms with van der Waals surface area (Å²) >= 11 is 0. The molecule has 1 heterocycles. The van der Waals surface area contributed by atoms with Gasteiger partial charge in [0.25, 0.3) is 0 Å². The summed E-state index contributed by atoms with van der Waals surface area (Å²) < 4.78 is 26.0. The van der Waals surface area contributed by atoms with Crippen LogP contribution in [0, 0.1) is 6.42 Å². The summed E-state index contributed by atoms with van der Waals surface area (Å²) in [6, 6.07) is 8.18. The molecule has 1 radical (unpaired) electrons. The molecule has 0 N–H and O–H groups in total. The van der Waals surface area contributed by atoms with Gasteiger partial charge in [0, 0.05) is 6.54 Å². The van der Waals surface area contributed by atoms with Gasteiger partial charge >= 0.3 is 0 Å². The highest BCUT2D eigenvalue weighted by atomic mass is 32.2. The molecule has 1 saturated heterocycles. The van der Waals surface area contributed by atoms with Crippen molar-refractivity contribution in [2.24, 2.45) is 0 Å². The van der Waals surface area contributed by atoms with Crippen molar-refractivity contribution in [1.29, 1.82) is 0 Å². The molecule has 1 aliphatic heterocycles. The number of hydrogen-bond acceptors (Lipinski definition) is 3. The van der Waals surface area contributed by atoms with Crippen molar-refractivity contribution in [3.8, 4) is 0 Å². The van der Waals surface area contributed by atoms with Gasteiger partial charge in [-0.05, 0) is 31.9 Å². The van der Waals surface area contributed by atoms with Gasteiger partial charge < -0.3 is 4.79 Å². The molecule has 4 nitrogen and oxygen atoms in total. The van der Waals surface area contributed by atoms with Crippen LogP contribution in [-0.4, -0.2) is 31.1 Å². The molecule has 1 aromatic carbocycles. The van der Waals surface area contributed by atoms with Crippen molar-refractivity contribution in [3.63, 3.8) is 0 Å². The van der Waals surface area contributed by atoms with E-state index in [0.29, 0.717) is 19.3 Å². The van der Waals surface area contributed by atoms with Crippen molar-refractivity contribution in [2.45, 2.75) is 23.8 Å². The summed E-state index contributed by atoms with van der Waals surface area (Å²) in [5.41, 5.74) is -1.02. The number of rotatable bonds is 3. The molecule has 17 heavy (non-hydrogen) atoms. The van der Waals surface area contributed by atoms with E-state index in [1.165, 1.54) is 4.31 Å². The molecule has 1 aromatic rings. The summed E-state index contributed by atoms with van der Waals surface area (Å²) in [4.78, 5) is 11.3. The molecule has 91 valence electrons. The fourth-order valence-electron chi connectivity index (χ4n) is 2.02. The molecule has 1 aliphatic rings. The average Bonchev–Trinajstić information content (AvgIpc) is 2.74. The van der Waals surface area contributed by atoms with Gasteiger partial charge in [-0.3, -0.25) is 0 Å². The van der Waals surface area contributed by atoms with Gasteiger partial charge in [-0.1, -0.05) is 18.2 Å². The predicted molar refractivity (Wildman–Crippen MR) is 63.7 cm³/mol. The summed E-state index contributed by atoms with van der Waals surface area (Å²) in [5.74, 6) is 0. The van der Waals surface area contributed by atoms with Crippen LogP contribution in [-0.2, 0) is 14.8 Å². The number of nitrogens with zero attached hydrogens (tertiary/aromatic N) is 1. The zero-order valence-corrected chi connectivity index (χ0v) is 10.4. The second kappa shape index (κ2) is 4.23. The second-order valence-electron chi connectivity index (χ2n) is 4.23. The fourth-order valence-corrected chi connectivity index (χ4v) is 3.76. The van der Waals surface area contributed by atoms with Gasteiger partial charge in [-0.15, -0.1) is 0 Å². The van der Waals surface area contributed by atoms with Crippen molar-refractivity contribution in [2.75, 3.05) is 6.54 Å². The monoisotopic (exact) mass is 252 g/mol. The Morgan fingerprint density at radius 1 is 1.29 bits per heavy atom. The summed E-state index contributed by atoms with van der Waals surface area (Å²) in [5, 5.41) is 0. The minimum atomic E-state index is -3.59. The lowest BCUT2D eigenvalue weighted by molar-refractivity contribution is -0.113. The normalized spacial score (nSPS) is 25.9. The van der Waals surface area contributed by atoms with E-state index in [-0.39, 0.29) is 4.90 Å². The Morgan fingerprint density at radius 3 is 2.53 bits per heavy atom. The Labute approximate surface area is 101 Å². The first-order valence-electron chi connectivity index (χ1n) is 5.39. The first-order valence-corrected chi connectivity index (χ1v) is 6.83. The second-order valence-corrected chi connectivity index (χ2v) is 6.09. The Balaban J connectivity index is 2.44. The van der Waals surface area contributed by atoms with Crippen LogP contribution in [0.5, 0.6) is 0 Å². The van der Waals surface area contributed by atoms with Crippen LogP contribution in [0.4, 0.5) is 0 Å². The molecule has 0 spiro atoms. The number of benzene rings is 1. The molecule has 0 amide bonds. The van der Waals surface area contributed by atoms with Crippen molar-refractivity contribution >= 4 is 16.3 Å². The lowest BCUT2D eigenvalue weighted by Gasteiger charge is -2.28. The molecule has 0 aromatic heterocycles. The molecular weight excluding hydrogens is 238 g/mol. The zero-order valence-electron chi connectivity index (χ0n) is 9.54. The molecule has 0 saturated carbocycles. The molecule has 0 bridgehead atoms. The molecular formula is C12H14NO3S. The van der Waals surface area contributed by atoms with E-state index in [0.717, 1.165) is 0 Å². The van der Waals surface area contributed by atoms with Gasteiger partial charge in [-0.2, -0.15) is 4.31 Å². The van der Waals surface area contributed by atoms with Crippen LogP contribution in [0.2, 0.25) is 0 Å². The highest BCUT2D eigenvalue weighted by Gasteiger charge is 2.44. The maximum absolute atomic E-state index is 12.4. The molecule has 5 heteroatoms. The Kier molecular flexibility index (Phi) is 3.05. The lowest BCUT2D eigenvalue weighted by Crippen LogP contribution is -2.46. The van der Waals surface area contributed by atoms with Crippen LogP contribution < -0.4 is 0 Å². The Morgan fingerprint density at radius 2 is 1.94 bits per heavy atom. The Hall–Kier alpha value is -1.20. The largest absolute Gasteiger partial charge is 0.301 e. The summed E-state index contributed by atoms with van der Waals surface area (Å²) in [7, 11) is -3.59. The van der Waals surface area contributed by atoms with E-state index in [1.807, 2.05) is 0 Å². The van der Waals surface area contributed by atoms with Gasteiger partial charge in [0.15, 0.2) is 0 Å². The third-order valence-electron chi connectivity index (χ3n) is 3.00. The van der Waals surface area contributed by atoms with E-state index < -0.39 is 15.6 Å². The third kappa shape index (κ3) is 2.00. The van der Waals surface area contributed by atoms with Crippen LogP contribution in [0.15, 0.2) is 35.2 Å². The predicted octanol–water partition coefficient (Wildman–Crippen LogP) is 1.24. The molecule has 0 aliphatic carbocycles. The van der Waals surface area contributed by atoms with E-state index >= 15 is 0 Å². The minimum Gasteiger partial charge on any atom is -0.301 e. The van der Waals surface area contributed by atoms with Gasteiger partial charge in [-0.25, -0.2) is 8.42 Å². The number of sulfonamides is 1. The van der Waals surface area contributed by atoms with Gasteiger partial charge in [0.2, 0.25) is 10.0 Å². The van der Waals surface area contributed by atoms with Crippen molar-refractivity contribution < 1.29 is 13.2 Å². The van der Waals surface area contributed by atoms with Crippen molar-refractivity contribution in [3.05, 3.63) is 36.8 Å². The maximum atomic E-state index is 12.4. The first kappa shape index (κ1) is 12.3. The smallest absolute Gasteiger partial charge is 0.243 e. The average molecular weight is 252 g/mol. The number of carbonyl (C=O) groups is 1. The summed E-state index contributed by atoms with van der Waals surface area (Å²) in [6.45, 7) is 1.97. The highest BCUT2D eigenvalue weighted by molar-refractivity contribution is 7.89. The van der Waals surface area contributed by atoms with Crippen LogP contribution in [0.25, 0.3) is 0 Å². The first-order chi connectivity index (χ1) is 8.00. The summed E-state index contributed by atoms with van der Waals surface area (Å²) in [6.07, 6.45) is 3.02. The lowest BCUT2D eigenvalue weighted by atomic mass is 10.0. The molecule has 0 unspecified atom stereocenters. The molecule has 1 atom stereocenters. The van der Waals surface area contributed by atoms with Gasteiger partial charge in [0.05, 0.1) is 10.4 Å². The number of aldehydes is 1. The van der Waals surface area contributed by atoms with Crippen molar-refractivity contribution in [1.82, 2.24) is 4.31 Å². The molecule has 2 rings (SSSR count). The van der Waals surface area contributed by atoms with E-state index in [9.17, 15) is 13.2 Å². The van der Waals surface area contributed by atoms with Crippen LogP contribution in [0.3, 0.4) is 0 Å². The number of carbonyl (C=O) groups excluding carboxylic acids is 1.